The van der Waals surface area contributed by atoms with Gasteiger partial charge in [-0.1, -0.05) is 36.4 Å². The maximum absolute atomic E-state index is 5.96. The summed E-state index contributed by atoms with van der Waals surface area (Å²) in [6, 6.07) is 20.3. The molecule has 106 valence electrons. The van der Waals surface area contributed by atoms with Gasteiger partial charge in [-0.25, -0.2) is 0 Å². The molecule has 0 aliphatic heterocycles. The average Bonchev–Trinajstić information content (AvgIpc) is 2.49. The molecule has 0 aliphatic rings. The summed E-state index contributed by atoms with van der Waals surface area (Å²) in [5.74, 6) is 1.61. The fourth-order valence-corrected chi connectivity index (χ4v) is 2.72. The van der Waals surface area contributed by atoms with Gasteiger partial charge in [0, 0.05) is 6.04 Å². The molecule has 3 rings (SSSR count). The van der Waals surface area contributed by atoms with Crippen LogP contribution in [0.15, 0.2) is 65.1 Å². The van der Waals surface area contributed by atoms with E-state index < -0.39 is 0 Å². The molecule has 0 fully saturated rings. The lowest BCUT2D eigenvalue weighted by molar-refractivity contribution is 0.480. The molecule has 3 aromatic rings. The zero-order valence-electron chi connectivity index (χ0n) is 11.7. The molecule has 0 heterocycles. The van der Waals surface area contributed by atoms with Crippen LogP contribution in [0, 0.1) is 0 Å². The fourth-order valence-electron chi connectivity index (χ4n) is 2.24. The first-order valence-electron chi connectivity index (χ1n) is 6.85. The standard InChI is InChI=1S/C18H16BrNO/c1-12(20)14-7-9-18(17(19)11-14)21-16-8-6-13-4-2-3-5-15(13)10-16/h2-12H,20H2,1H3/t12-/m1/s1. The molecular weight excluding hydrogens is 326 g/mol. The molecule has 0 saturated carbocycles. The topological polar surface area (TPSA) is 35.2 Å². The number of benzene rings is 3. The van der Waals surface area contributed by atoms with Gasteiger partial charge >= 0.3 is 0 Å². The third-order valence-corrected chi connectivity index (χ3v) is 4.05. The van der Waals surface area contributed by atoms with E-state index in [1.807, 2.05) is 49.4 Å². The van der Waals surface area contributed by atoms with Gasteiger partial charge in [-0.3, -0.25) is 0 Å². The third kappa shape index (κ3) is 3.09. The summed E-state index contributed by atoms with van der Waals surface area (Å²) in [5, 5.41) is 2.37. The van der Waals surface area contributed by atoms with Gasteiger partial charge in [-0.05, 0) is 63.5 Å². The molecule has 2 N–H and O–H groups in total. The van der Waals surface area contributed by atoms with Crippen molar-refractivity contribution in [2.45, 2.75) is 13.0 Å². The van der Waals surface area contributed by atoms with E-state index >= 15 is 0 Å². The monoisotopic (exact) mass is 341 g/mol. The zero-order chi connectivity index (χ0) is 14.8. The van der Waals surface area contributed by atoms with E-state index in [4.69, 9.17) is 10.5 Å². The van der Waals surface area contributed by atoms with Crippen LogP contribution in [0.2, 0.25) is 0 Å². The fraction of sp³-hybridized carbons (Fsp3) is 0.111. The van der Waals surface area contributed by atoms with Crippen molar-refractivity contribution in [1.29, 1.82) is 0 Å². The van der Waals surface area contributed by atoms with Crippen LogP contribution >= 0.6 is 15.9 Å². The Labute approximate surface area is 132 Å². The summed E-state index contributed by atoms with van der Waals surface area (Å²) in [6.07, 6.45) is 0. The second-order valence-corrected chi connectivity index (χ2v) is 5.94. The molecular formula is C18H16BrNO. The Morgan fingerprint density at radius 3 is 2.43 bits per heavy atom. The Kier molecular flexibility index (Phi) is 3.95. The van der Waals surface area contributed by atoms with Gasteiger partial charge in [0.15, 0.2) is 0 Å². The smallest absolute Gasteiger partial charge is 0.141 e. The normalized spacial score (nSPS) is 12.3. The molecule has 1 atom stereocenters. The van der Waals surface area contributed by atoms with E-state index in [2.05, 4.69) is 34.1 Å². The summed E-state index contributed by atoms with van der Waals surface area (Å²) < 4.78 is 6.87. The zero-order valence-corrected chi connectivity index (χ0v) is 13.3. The summed E-state index contributed by atoms with van der Waals surface area (Å²) in [5.41, 5.74) is 6.96. The van der Waals surface area contributed by atoms with Gasteiger partial charge in [0.05, 0.1) is 4.47 Å². The van der Waals surface area contributed by atoms with Crippen LogP contribution in [0.1, 0.15) is 18.5 Å². The molecule has 0 aromatic heterocycles. The van der Waals surface area contributed by atoms with Gasteiger partial charge in [0.25, 0.3) is 0 Å². The molecule has 0 bridgehead atoms. The van der Waals surface area contributed by atoms with Gasteiger partial charge < -0.3 is 10.5 Å². The molecule has 0 amide bonds. The number of fused-ring (bicyclic) bond motifs is 1. The largest absolute Gasteiger partial charge is 0.456 e. The molecule has 2 nitrogen and oxygen atoms in total. The first-order valence-corrected chi connectivity index (χ1v) is 7.64. The molecule has 0 aliphatic carbocycles. The third-order valence-electron chi connectivity index (χ3n) is 3.43. The van der Waals surface area contributed by atoms with Crippen molar-refractivity contribution in [1.82, 2.24) is 0 Å². The maximum Gasteiger partial charge on any atom is 0.141 e. The summed E-state index contributed by atoms with van der Waals surface area (Å²) in [7, 11) is 0. The number of hydrogen-bond acceptors (Lipinski definition) is 2. The Balaban J connectivity index is 1.91. The SMILES string of the molecule is C[C@@H](N)c1ccc(Oc2ccc3ccccc3c2)c(Br)c1. The molecule has 3 aromatic carbocycles. The van der Waals surface area contributed by atoms with Crippen LogP contribution in [-0.4, -0.2) is 0 Å². The molecule has 21 heavy (non-hydrogen) atoms. The van der Waals surface area contributed by atoms with E-state index in [9.17, 15) is 0 Å². The lowest BCUT2D eigenvalue weighted by Gasteiger charge is -2.11. The Hall–Kier alpha value is -1.84. The van der Waals surface area contributed by atoms with Crippen LogP contribution in [0.5, 0.6) is 11.5 Å². The Morgan fingerprint density at radius 2 is 1.71 bits per heavy atom. The van der Waals surface area contributed by atoms with Crippen LogP contribution in [0.4, 0.5) is 0 Å². The predicted molar refractivity (Wildman–Crippen MR) is 90.8 cm³/mol. The molecule has 0 spiro atoms. The lowest BCUT2D eigenvalue weighted by Crippen LogP contribution is -2.04. The van der Waals surface area contributed by atoms with Crippen LogP contribution in [-0.2, 0) is 0 Å². The Morgan fingerprint density at radius 1 is 0.952 bits per heavy atom. The van der Waals surface area contributed by atoms with Gasteiger partial charge in [-0.2, -0.15) is 0 Å². The highest BCUT2D eigenvalue weighted by Gasteiger charge is 2.07. The van der Waals surface area contributed by atoms with Crippen molar-refractivity contribution in [2.75, 3.05) is 0 Å². The minimum Gasteiger partial charge on any atom is -0.456 e. The maximum atomic E-state index is 5.96. The number of halogens is 1. The van der Waals surface area contributed by atoms with Crippen molar-refractivity contribution >= 4 is 26.7 Å². The van der Waals surface area contributed by atoms with Crippen molar-refractivity contribution in [3.8, 4) is 11.5 Å². The highest BCUT2D eigenvalue weighted by atomic mass is 79.9. The van der Waals surface area contributed by atoms with Crippen LogP contribution < -0.4 is 10.5 Å². The Bertz CT molecular complexity index is 783. The first-order chi connectivity index (χ1) is 10.1. The van der Waals surface area contributed by atoms with Gasteiger partial charge in [-0.15, -0.1) is 0 Å². The lowest BCUT2D eigenvalue weighted by atomic mass is 10.1. The van der Waals surface area contributed by atoms with Gasteiger partial charge in [0.2, 0.25) is 0 Å². The number of hydrogen-bond donors (Lipinski definition) is 1. The average molecular weight is 342 g/mol. The predicted octanol–water partition coefficient (Wildman–Crippen LogP) is 5.41. The van der Waals surface area contributed by atoms with Gasteiger partial charge in [0.1, 0.15) is 11.5 Å². The first kappa shape index (κ1) is 14.1. The van der Waals surface area contributed by atoms with E-state index in [-0.39, 0.29) is 6.04 Å². The number of nitrogens with two attached hydrogens (primary N) is 1. The van der Waals surface area contributed by atoms with Crippen molar-refractivity contribution in [2.24, 2.45) is 5.73 Å². The quantitative estimate of drug-likeness (QED) is 0.690. The number of ether oxygens (including phenoxy) is 1. The molecule has 0 saturated heterocycles. The molecule has 0 radical (unpaired) electrons. The van der Waals surface area contributed by atoms with Crippen LogP contribution in [0.25, 0.3) is 10.8 Å². The summed E-state index contributed by atoms with van der Waals surface area (Å²) in [4.78, 5) is 0. The number of rotatable bonds is 3. The van der Waals surface area contributed by atoms with E-state index in [1.165, 1.54) is 10.8 Å². The summed E-state index contributed by atoms with van der Waals surface area (Å²) in [6.45, 7) is 1.96. The van der Waals surface area contributed by atoms with E-state index in [1.54, 1.807) is 0 Å². The molecule has 0 unspecified atom stereocenters. The highest BCUT2D eigenvalue weighted by Crippen LogP contribution is 2.32. The van der Waals surface area contributed by atoms with E-state index in [0.29, 0.717) is 0 Å². The minimum absolute atomic E-state index is 0.0102. The van der Waals surface area contributed by atoms with Crippen molar-refractivity contribution in [3.05, 3.63) is 70.7 Å². The van der Waals surface area contributed by atoms with Crippen LogP contribution in [0.3, 0.4) is 0 Å². The summed E-state index contributed by atoms with van der Waals surface area (Å²) >= 11 is 3.54. The minimum atomic E-state index is 0.0102. The highest BCUT2D eigenvalue weighted by molar-refractivity contribution is 9.10. The second kappa shape index (κ2) is 5.88. The van der Waals surface area contributed by atoms with E-state index in [0.717, 1.165) is 21.5 Å². The van der Waals surface area contributed by atoms with Crippen molar-refractivity contribution in [3.63, 3.8) is 0 Å². The van der Waals surface area contributed by atoms with Crippen molar-refractivity contribution < 1.29 is 4.74 Å². The molecule has 3 heteroatoms. The second-order valence-electron chi connectivity index (χ2n) is 5.09.